The molecule has 0 aliphatic heterocycles. The molecular formula is C19H15F2N3O. The van der Waals surface area contributed by atoms with E-state index in [2.05, 4.69) is 15.6 Å². The first-order chi connectivity index (χ1) is 12.1. The van der Waals surface area contributed by atoms with E-state index in [9.17, 15) is 13.6 Å². The molecular weight excluding hydrogens is 324 g/mol. The minimum atomic E-state index is -0.439. The number of anilines is 2. The van der Waals surface area contributed by atoms with Gasteiger partial charge in [0.1, 0.15) is 17.3 Å². The zero-order chi connectivity index (χ0) is 17.6. The molecule has 25 heavy (non-hydrogen) atoms. The number of benzene rings is 2. The molecule has 1 amide bonds. The average Bonchev–Trinajstić information content (AvgIpc) is 2.61. The summed E-state index contributed by atoms with van der Waals surface area (Å²) in [4.78, 5) is 16.2. The van der Waals surface area contributed by atoms with Crippen LogP contribution in [0.25, 0.3) is 0 Å². The Bertz CT molecular complexity index is 882. The molecule has 0 spiro atoms. The summed E-state index contributed by atoms with van der Waals surface area (Å²) in [6, 6.07) is 15.3. The van der Waals surface area contributed by atoms with Crippen LogP contribution in [0, 0.1) is 11.6 Å². The molecule has 0 aliphatic rings. The molecule has 1 heterocycles. The van der Waals surface area contributed by atoms with E-state index < -0.39 is 11.7 Å². The molecule has 6 heteroatoms. The number of carbonyl (C=O) groups excluding carboxylic acids is 1. The molecule has 3 aromatic rings. The molecule has 0 atom stereocenters. The molecule has 4 nitrogen and oxygen atoms in total. The number of halogens is 2. The van der Waals surface area contributed by atoms with Gasteiger partial charge in [-0.05, 0) is 36.4 Å². The van der Waals surface area contributed by atoms with Gasteiger partial charge in [0.05, 0.1) is 11.9 Å². The van der Waals surface area contributed by atoms with Crippen molar-refractivity contribution < 1.29 is 13.6 Å². The normalized spacial score (nSPS) is 10.3. The van der Waals surface area contributed by atoms with Crippen LogP contribution in [-0.4, -0.2) is 10.9 Å². The number of rotatable bonds is 5. The molecule has 0 bridgehead atoms. The molecule has 2 N–H and O–H groups in total. The number of hydrogen-bond donors (Lipinski definition) is 2. The lowest BCUT2D eigenvalue weighted by Gasteiger charge is -2.08. The maximum atomic E-state index is 13.6. The molecule has 3 rings (SSSR count). The first kappa shape index (κ1) is 16.6. The first-order valence-electron chi connectivity index (χ1n) is 7.62. The Kier molecular flexibility index (Phi) is 4.99. The summed E-state index contributed by atoms with van der Waals surface area (Å²) in [5, 5.41) is 5.61. The second-order valence-electron chi connectivity index (χ2n) is 5.34. The summed E-state index contributed by atoms with van der Waals surface area (Å²) in [7, 11) is 0. The molecule has 0 aliphatic carbocycles. The fourth-order valence-electron chi connectivity index (χ4n) is 2.23. The van der Waals surface area contributed by atoms with Crippen LogP contribution in [0.15, 0.2) is 66.9 Å². The highest BCUT2D eigenvalue weighted by atomic mass is 19.1. The zero-order valence-electron chi connectivity index (χ0n) is 13.2. The lowest BCUT2D eigenvalue weighted by Crippen LogP contribution is -2.13. The van der Waals surface area contributed by atoms with Gasteiger partial charge in [-0.2, -0.15) is 0 Å². The highest BCUT2D eigenvalue weighted by Crippen LogP contribution is 2.13. The van der Waals surface area contributed by atoms with Gasteiger partial charge >= 0.3 is 0 Å². The Morgan fingerprint density at radius 1 is 0.960 bits per heavy atom. The van der Waals surface area contributed by atoms with Gasteiger partial charge < -0.3 is 10.6 Å². The van der Waals surface area contributed by atoms with E-state index >= 15 is 0 Å². The van der Waals surface area contributed by atoms with E-state index in [1.807, 2.05) is 0 Å². The molecule has 126 valence electrons. The van der Waals surface area contributed by atoms with Gasteiger partial charge in [0.2, 0.25) is 0 Å². The van der Waals surface area contributed by atoms with Crippen molar-refractivity contribution in [2.24, 2.45) is 0 Å². The van der Waals surface area contributed by atoms with Crippen molar-refractivity contribution in [2.45, 2.75) is 6.54 Å². The molecule has 1 aromatic heterocycles. The Hall–Kier alpha value is -3.28. The van der Waals surface area contributed by atoms with E-state index in [1.54, 1.807) is 30.3 Å². The van der Waals surface area contributed by atoms with Gasteiger partial charge in [-0.15, -0.1) is 0 Å². The predicted molar refractivity (Wildman–Crippen MR) is 92.3 cm³/mol. The summed E-state index contributed by atoms with van der Waals surface area (Å²) in [6.45, 7) is 0.309. The van der Waals surface area contributed by atoms with Crippen molar-refractivity contribution in [3.8, 4) is 0 Å². The monoisotopic (exact) mass is 339 g/mol. The SMILES string of the molecule is O=C(Nc1cccc(F)c1)c1ccc(NCc2ccccc2F)cn1. The van der Waals surface area contributed by atoms with Crippen molar-refractivity contribution in [1.82, 2.24) is 4.98 Å². The molecule has 0 radical (unpaired) electrons. The van der Waals surface area contributed by atoms with Crippen molar-refractivity contribution in [3.63, 3.8) is 0 Å². The van der Waals surface area contributed by atoms with Crippen molar-refractivity contribution in [2.75, 3.05) is 10.6 Å². The van der Waals surface area contributed by atoms with Gasteiger partial charge in [-0.3, -0.25) is 4.79 Å². The van der Waals surface area contributed by atoms with Crippen LogP contribution in [0.3, 0.4) is 0 Å². The van der Waals surface area contributed by atoms with Gasteiger partial charge in [-0.25, -0.2) is 13.8 Å². The molecule has 2 aromatic carbocycles. The third kappa shape index (κ3) is 4.38. The number of hydrogen-bond acceptors (Lipinski definition) is 3. The lowest BCUT2D eigenvalue weighted by atomic mass is 10.2. The first-order valence-corrected chi connectivity index (χ1v) is 7.62. The van der Waals surface area contributed by atoms with Crippen LogP contribution in [0.4, 0.5) is 20.2 Å². The van der Waals surface area contributed by atoms with E-state index in [-0.39, 0.29) is 11.5 Å². The highest BCUT2D eigenvalue weighted by Gasteiger charge is 2.08. The van der Waals surface area contributed by atoms with E-state index in [4.69, 9.17) is 0 Å². The second kappa shape index (κ2) is 7.53. The van der Waals surface area contributed by atoms with Crippen LogP contribution in [0.2, 0.25) is 0 Å². The summed E-state index contributed by atoms with van der Waals surface area (Å²) in [6.07, 6.45) is 1.49. The zero-order valence-corrected chi connectivity index (χ0v) is 13.2. The number of nitrogens with zero attached hydrogens (tertiary/aromatic N) is 1. The number of nitrogens with one attached hydrogen (secondary N) is 2. The highest BCUT2D eigenvalue weighted by molar-refractivity contribution is 6.02. The summed E-state index contributed by atoms with van der Waals surface area (Å²) < 4.78 is 26.7. The molecule has 0 saturated carbocycles. The fraction of sp³-hybridized carbons (Fsp3) is 0.0526. The minimum absolute atomic E-state index is 0.195. The standard InChI is InChI=1S/C19H15F2N3O/c20-14-5-3-6-15(10-14)24-19(25)18-9-8-16(12-23-18)22-11-13-4-1-2-7-17(13)21/h1-10,12,22H,11H2,(H,24,25). The maximum Gasteiger partial charge on any atom is 0.274 e. The van der Waals surface area contributed by atoms with Crippen molar-refractivity contribution in [1.29, 1.82) is 0 Å². The Balaban J connectivity index is 1.61. The van der Waals surface area contributed by atoms with Gasteiger partial charge in [-0.1, -0.05) is 24.3 Å². The summed E-state index contributed by atoms with van der Waals surface area (Å²) in [5.74, 6) is -1.15. The van der Waals surface area contributed by atoms with Gasteiger partial charge in [0.15, 0.2) is 0 Å². The maximum absolute atomic E-state index is 13.6. The topological polar surface area (TPSA) is 54.0 Å². The lowest BCUT2D eigenvalue weighted by molar-refractivity contribution is 0.102. The number of aromatic nitrogens is 1. The van der Waals surface area contributed by atoms with Crippen LogP contribution in [0.5, 0.6) is 0 Å². The van der Waals surface area contributed by atoms with E-state index in [0.29, 0.717) is 23.5 Å². The van der Waals surface area contributed by atoms with E-state index in [0.717, 1.165) is 0 Å². The minimum Gasteiger partial charge on any atom is -0.380 e. The Morgan fingerprint density at radius 2 is 1.80 bits per heavy atom. The molecule has 0 unspecified atom stereocenters. The average molecular weight is 339 g/mol. The third-order valence-electron chi connectivity index (χ3n) is 3.52. The summed E-state index contributed by atoms with van der Waals surface area (Å²) in [5.41, 5.74) is 1.75. The predicted octanol–water partition coefficient (Wildman–Crippen LogP) is 4.22. The van der Waals surface area contributed by atoms with Gasteiger partial charge in [0, 0.05) is 17.8 Å². The van der Waals surface area contributed by atoms with Crippen molar-refractivity contribution in [3.05, 3.63) is 89.8 Å². The number of carbonyl (C=O) groups is 1. The van der Waals surface area contributed by atoms with Crippen LogP contribution in [0.1, 0.15) is 16.1 Å². The van der Waals surface area contributed by atoms with E-state index in [1.165, 1.54) is 36.5 Å². The smallest absolute Gasteiger partial charge is 0.274 e. The number of pyridine rings is 1. The van der Waals surface area contributed by atoms with Crippen LogP contribution < -0.4 is 10.6 Å². The van der Waals surface area contributed by atoms with Crippen molar-refractivity contribution >= 4 is 17.3 Å². The quantitative estimate of drug-likeness (QED) is 0.732. The Morgan fingerprint density at radius 3 is 2.52 bits per heavy atom. The second-order valence-corrected chi connectivity index (χ2v) is 5.34. The molecule has 0 fully saturated rings. The third-order valence-corrected chi connectivity index (χ3v) is 3.52. The Labute approximate surface area is 143 Å². The van der Waals surface area contributed by atoms with Crippen LogP contribution in [-0.2, 0) is 6.54 Å². The largest absolute Gasteiger partial charge is 0.380 e. The number of amides is 1. The summed E-state index contributed by atoms with van der Waals surface area (Å²) >= 11 is 0. The fourth-order valence-corrected chi connectivity index (χ4v) is 2.23. The van der Waals surface area contributed by atoms with Gasteiger partial charge in [0.25, 0.3) is 5.91 Å². The van der Waals surface area contributed by atoms with Crippen LogP contribution >= 0.6 is 0 Å². The molecule has 0 saturated heterocycles.